The van der Waals surface area contributed by atoms with Gasteiger partial charge in [-0.25, -0.2) is 0 Å². The predicted octanol–water partition coefficient (Wildman–Crippen LogP) is 6.19. The average molecular weight is 301 g/mol. The van der Waals surface area contributed by atoms with E-state index in [1.165, 1.54) is 32.1 Å². The quantitative estimate of drug-likeness (QED) is 0.281. The lowest BCUT2D eigenvalue weighted by Gasteiger charge is -2.35. The minimum absolute atomic E-state index is 0.338. The molecule has 2 heteroatoms. The highest BCUT2D eigenvalue weighted by atomic mass is 16.7. The van der Waals surface area contributed by atoms with Crippen LogP contribution < -0.4 is 0 Å². The van der Waals surface area contributed by atoms with Gasteiger partial charge in [0.05, 0.1) is 13.2 Å². The summed E-state index contributed by atoms with van der Waals surface area (Å²) in [4.78, 5) is 0. The summed E-state index contributed by atoms with van der Waals surface area (Å²) < 4.78 is 12.5. The van der Waals surface area contributed by atoms with E-state index >= 15 is 0 Å². The zero-order valence-electron chi connectivity index (χ0n) is 15.5. The Morgan fingerprint density at radius 2 is 1.19 bits per heavy atom. The molecule has 21 heavy (non-hydrogen) atoms. The van der Waals surface area contributed by atoms with Crippen LogP contribution in [0.25, 0.3) is 0 Å². The van der Waals surface area contributed by atoms with Crippen molar-refractivity contribution in [1.29, 1.82) is 0 Å². The molecule has 128 valence electrons. The maximum atomic E-state index is 6.27. The third-order valence-electron chi connectivity index (χ3n) is 3.65. The second-order valence-electron chi connectivity index (χ2n) is 7.23. The molecular weight excluding hydrogens is 260 g/mol. The highest BCUT2D eigenvalue weighted by molar-refractivity contribution is 4.71. The van der Waals surface area contributed by atoms with Crippen LogP contribution in [0.15, 0.2) is 0 Å². The fourth-order valence-corrected chi connectivity index (χ4v) is 2.47. The molecule has 0 aromatic heterocycles. The zero-order valence-corrected chi connectivity index (χ0v) is 15.5. The van der Waals surface area contributed by atoms with Crippen LogP contribution in [0.1, 0.15) is 92.9 Å². The van der Waals surface area contributed by atoms with E-state index in [9.17, 15) is 0 Å². The van der Waals surface area contributed by atoms with Gasteiger partial charge in [-0.15, -0.1) is 0 Å². The normalized spacial score (nSPS) is 12.6. The van der Waals surface area contributed by atoms with E-state index in [1.807, 2.05) is 0 Å². The van der Waals surface area contributed by atoms with Crippen LogP contribution in [0, 0.1) is 11.8 Å². The van der Waals surface area contributed by atoms with E-state index in [0.717, 1.165) is 32.5 Å². The lowest BCUT2D eigenvalue weighted by molar-refractivity contribution is -0.253. The molecule has 2 nitrogen and oxygen atoms in total. The molecule has 0 heterocycles. The number of ether oxygens (including phenoxy) is 2. The summed E-state index contributed by atoms with van der Waals surface area (Å²) in [7, 11) is 0. The zero-order chi connectivity index (χ0) is 16.1. The molecule has 0 aromatic carbocycles. The van der Waals surface area contributed by atoms with Gasteiger partial charge in [-0.2, -0.15) is 0 Å². The summed E-state index contributed by atoms with van der Waals surface area (Å²) in [5.74, 6) is 0.781. The van der Waals surface area contributed by atoms with E-state index in [4.69, 9.17) is 9.47 Å². The Morgan fingerprint density at radius 1 is 0.667 bits per heavy atom. The highest BCUT2D eigenvalue weighted by Crippen LogP contribution is 2.29. The SMILES string of the molecule is CCCCCCCC(CCC)(OCC(C)C)OCC(C)C. The van der Waals surface area contributed by atoms with Crippen molar-refractivity contribution >= 4 is 0 Å². The molecule has 0 radical (unpaired) electrons. The molecule has 0 aliphatic carbocycles. The summed E-state index contributed by atoms with van der Waals surface area (Å²) in [6.45, 7) is 14.9. The van der Waals surface area contributed by atoms with Crippen molar-refractivity contribution in [3.8, 4) is 0 Å². The first-order chi connectivity index (χ1) is 9.95. The van der Waals surface area contributed by atoms with Gasteiger partial charge >= 0.3 is 0 Å². The molecule has 0 amide bonds. The standard InChI is InChI=1S/C19H40O2/c1-7-9-10-11-12-14-19(13-8-2,20-15-17(3)4)21-16-18(5)6/h17-18H,7-16H2,1-6H3. The number of rotatable bonds is 14. The lowest BCUT2D eigenvalue weighted by atomic mass is 10.0. The lowest BCUT2D eigenvalue weighted by Crippen LogP contribution is -2.38. The van der Waals surface area contributed by atoms with Crippen molar-refractivity contribution in [1.82, 2.24) is 0 Å². The second kappa shape index (κ2) is 12.5. The molecule has 0 saturated carbocycles. The fourth-order valence-electron chi connectivity index (χ4n) is 2.47. The smallest absolute Gasteiger partial charge is 0.168 e. The molecule has 0 saturated heterocycles. The first-order valence-corrected chi connectivity index (χ1v) is 9.23. The Hall–Kier alpha value is -0.0800. The third-order valence-corrected chi connectivity index (χ3v) is 3.65. The maximum Gasteiger partial charge on any atom is 0.168 e. The van der Waals surface area contributed by atoms with E-state index in [1.54, 1.807) is 0 Å². The van der Waals surface area contributed by atoms with Gasteiger partial charge < -0.3 is 9.47 Å². The topological polar surface area (TPSA) is 18.5 Å². The van der Waals surface area contributed by atoms with Crippen molar-refractivity contribution in [3.05, 3.63) is 0 Å². The van der Waals surface area contributed by atoms with E-state index < -0.39 is 0 Å². The molecule has 0 fully saturated rings. The highest BCUT2D eigenvalue weighted by Gasteiger charge is 2.31. The van der Waals surface area contributed by atoms with Crippen molar-refractivity contribution in [2.45, 2.75) is 98.7 Å². The van der Waals surface area contributed by atoms with Gasteiger partial charge in [0.1, 0.15) is 0 Å². The molecule has 0 bridgehead atoms. The van der Waals surface area contributed by atoms with Crippen LogP contribution in [0.2, 0.25) is 0 Å². The Labute approximate surface area is 134 Å². The van der Waals surface area contributed by atoms with Crippen LogP contribution >= 0.6 is 0 Å². The molecule has 0 aromatic rings. The van der Waals surface area contributed by atoms with Crippen LogP contribution in [-0.2, 0) is 9.47 Å². The third kappa shape index (κ3) is 11.2. The van der Waals surface area contributed by atoms with Gasteiger partial charge in [-0.05, 0) is 18.3 Å². The Bertz CT molecular complexity index is 212. The molecule has 0 aliphatic heterocycles. The average Bonchev–Trinajstić information content (AvgIpc) is 2.42. The second-order valence-corrected chi connectivity index (χ2v) is 7.23. The van der Waals surface area contributed by atoms with Crippen molar-refractivity contribution in [3.63, 3.8) is 0 Å². The number of unbranched alkanes of at least 4 members (excludes halogenated alkanes) is 4. The minimum atomic E-state index is -0.338. The molecule has 0 unspecified atom stereocenters. The predicted molar refractivity (Wildman–Crippen MR) is 92.6 cm³/mol. The van der Waals surface area contributed by atoms with Gasteiger partial charge in [0.25, 0.3) is 0 Å². The molecule has 0 spiro atoms. The first-order valence-electron chi connectivity index (χ1n) is 9.23. The molecular formula is C19H40O2. The summed E-state index contributed by atoms with van der Waals surface area (Å²) in [5.41, 5.74) is 0. The maximum absolute atomic E-state index is 6.27. The van der Waals surface area contributed by atoms with Crippen LogP contribution in [0.3, 0.4) is 0 Å². The van der Waals surface area contributed by atoms with E-state index in [2.05, 4.69) is 41.5 Å². The molecule has 0 rings (SSSR count). The summed E-state index contributed by atoms with van der Waals surface area (Å²) in [5, 5.41) is 0. The van der Waals surface area contributed by atoms with Gasteiger partial charge in [0.2, 0.25) is 0 Å². The van der Waals surface area contributed by atoms with Gasteiger partial charge in [-0.1, -0.05) is 73.6 Å². The minimum Gasteiger partial charge on any atom is -0.350 e. The van der Waals surface area contributed by atoms with Gasteiger partial charge in [0.15, 0.2) is 5.79 Å². The summed E-state index contributed by atoms with van der Waals surface area (Å²) >= 11 is 0. The van der Waals surface area contributed by atoms with Crippen molar-refractivity contribution in [2.24, 2.45) is 11.8 Å². The van der Waals surface area contributed by atoms with Gasteiger partial charge in [-0.3, -0.25) is 0 Å². The van der Waals surface area contributed by atoms with Crippen molar-refractivity contribution < 1.29 is 9.47 Å². The number of hydrogen-bond acceptors (Lipinski definition) is 2. The monoisotopic (exact) mass is 300 g/mol. The molecule has 0 atom stereocenters. The van der Waals surface area contributed by atoms with E-state index in [0.29, 0.717) is 11.8 Å². The molecule has 0 aliphatic rings. The van der Waals surface area contributed by atoms with Gasteiger partial charge in [0, 0.05) is 12.8 Å². The Kier molecular flexibility index (Phi) is 12.4. The molecule has 0 N–H and O–H groups in total. The summed E-state index contributed by atoms with van der Waals surface area (Å²) in [6, 6.07) is 0. The fraction of sp³-hybridized carbons (Fsp3) is 1.00. The Morgan fingerprint density at radius 3 is 1.62 bits per heavy atom. The van der Waals surface area contributed by atoms with Crippen LogP contribution in [0.5, 0.6) is 0 Å². The van der Waals surface area contributed by atoms with Crippen LogP contribution in [0.4, 0.5) is 0 Å². The van der Waals surface area contributed by atoms with Crippen molar-refractivity contribution in [2.75, 3.05) is 13.2 Å². The Balaban J connectivity index is 4.48. The van der Waals surface area contributed by atoms with Crippen LogP contribution in [-0.4, -0.2) is 19.0 Å². The largest absolute Gasteiger partial charge is 0.350 e. The first kappa shape index (κ1) is 20.9. The van der Waals surface area contributed by atoms with E-state index in [-0.39, 0.29) is 5.79 Å². The number of hydrogen-bond donors (Lipinski definition) is 0. The summed E-state index contributed by atoms with van der Waals surface area (Å²) in [6.07, 6.45) is 9.68.